The number of rotatable bonds is 2. The maximum Gasteiger partial charge on any atom is 0.170 e. The summed E-state index contributed by atoms with van der Waals surface area (Å²) in [5.74, 6) is 0. The summed E-state index contributed by atoms with van der Waals surface area (Å²) in [6.07, 6.45) is -2.49. The Kier molecular flexibility index (Phi) is 3.23. The van der Waals surface area contributed by atoms with Gasteiger partial charge < -0.3 is 10.2 Å². The summed E-state index contributed by atoms with van der Waals surface area (Å²) in [6, 6.07) is 7.10. The summed E-state index contributed by atoms with van der Waals surface area (Å²) in [5, 5.41) is 27.2. The molecule has 0 fully saturated rings. The van der Waals surface area contributed by atoms with E-state index in [2.05, 4.69) is 0 Å². The van der Waals surface area contributed by atoms with Gasteiger partial charge in [-0.05, 0) is 19.4 Å². The van der Waals surface area contributed by atoms with Crippen LogP contribution < -0.4 is 0 Å². The molecule has 3 nitrogen and oxygen atoms in total. The summed E-state index contributed by atoms with van der Waals surface area (Å²) >= 11 is 0. The fourth-order valence-electron chi connectivity index (χ4n) is 1.43. The van der Waals surface area contributed by atoms with E-state index >= 15 is 0 Å². The van der Waals surface area contributed by atoms with Gasteiger partial charge in [0.2, 0.25) is 0 Å². The highest BCUT2D eigenvalue weighted by atomic mass is 16.3. The number of aliphatic hydroxyl groups excluding tert-OH is 2. The van der Waals surface area contributed by atoms with Gasteiger partial charge in [0, 0.05) is 0 Å². The van der Waals surface area contributed by atoms with Gasteiger partial charge in [0.05, 0.1) is 6.07 Å². The lowest BCUT2D eigenvalue weighted by Crippen LogP contribution is -2.15. The second-order valence-corrected chi connectivity index (χ2v) is 3.44. The van der Waals surface area contributed by atoms with Crippen LogP contribution in [0.5, 0.6) is 0 Å². The largest absolute Gasteiger partial charge is 0.385 e. The number of aliphatic hydroxyl groups is 2. The lowest BCUT2D eigenvalue weighted by atomic mass is 10.0. The minimum atomic E-state index is -1.36. The lowest BCUT2D eigenvalue weighted by molar-refractivity contribution is 0.0527. The molecule has 0 saturated carbocycles. The van der Waals surface area contributed by atoms with Gasteiger partial charge in [0.15, 0.2) is 6.10 Å². The highest BCUT2D eigenvalue weighted by molar-refractivity contribution is 5.31. The second kappa shape index (κ2) is 4.23. The third-order valence-corrected chi connectivity index (χ3v) is 2.02. The van der Waals surface area contributed by atoms with E-state index in [1.807, 2.05) is 19.9 Å². The SMILES string of the molecule is Cc1cc(C)cc(C(O)C(O)C#N)c1. The number of hydrogen-bond acceptors (Lipinski definition) is 3. The second-order valence-electron chi connectivity index (χ2n) is 3.44. The maximum atomic E-state index is 9.57. The van der Waals surface area contributed by atoms with Crippen molar-refractivity contribution < 1.29 is 10.2 Å². The zero-order valence-electron chi connectivity index (χ0n) is 8.23. The molecule has 2 N–H and O–H groups in total. The molecule has 0 radical (unpaired) electrons. The molecule has 0 aromatic heterocycles. The molecule has 0 bridgehead atoms. The van der Waals surface area contributed by atoms with Gasteiger partial charge in [-0.3, -0.25) is 0 Å². The van der Waals surface area contributed by atoms with Crippen LogP contribution in [0.15, 0.2) is 18.2 Å². The van der Waals surface area contributed by atoms with Crippen LogP contribution in [0, 0.1) is 25.2 Å². The highest BCUT2D eigenvalue weighted by Crippen LogP contribution is 2.19. The summed E-state index contributed by atoms with van der Waals surface area (Å²) in [6.45, 7) is 3.81. The van der Waals surface area contributed by atoms with Crippen LogP contribution in [0.4, 0.5) is 0 Å². The average Bonchev–Trinajstić information content (AvgIpc) is 2.14. The van der Waals surface area contributed by atoms with Crippen LogP contribution in [0.25, 0.3) is 0 Å². The van der Waals surface area contributed by atoms with Crippen LogP contribution >= 0.6 is 0 Å². The van der Waals surface area contributed by atoms with Gasteiger partial charge in [-0.2, -0.15) is 5.26 Å². The van der Waals surface area contributed by atoms with Crippen molar-refractivity contribution in [3.8, 4) is 6.07 Å². The highest BCUT2D eigenvalue weighted by Gasteiger charge is 2.17. The number of nitrogens with zero attached hydrogens (tertiary/aromatic N) is 1. The Bertz CT molecular complexity index is 348. The van der Waals surface area contributed by atoms with Crippen molar-refractivity contribution >= 4 is 0 Å². The van der Waals surface area contributed by atoms with Gasteiger partial charge in [-0.25, -0.2) is 0 Å². The Morgan fingerprint density at radius 1 is 1.14 bits per heavy atom. The zero-order valence-corrected chi connectivity index (χ0v) is 8.23. The maximum absolute atomic E-state index is 9.57. The van der Waals surface area contributed by atoms with Crippen molar-refractivity contribution in [2.24, 2.45) is 0 Å². The fourth-order valence-corrected chi connectivity index (χ4v) is 1.43. The van der Waals surface area contributed by atoms with Gasteiger partial charge >= 0.3 is 0 Å². The first-order valence-electron chi connectivity index (χ1n) is 4.38. The van der Waals surface area contributed by atoms with E-state index in [0.29, 0.717) is 5.56 Å². The molecule has 0 aliphatic rings. The zero-order chi connectivity index (χ0) is 10.7. The minimum absolute atomic E-state index is 0.580. The van der Waals surface area contributed by atoms with Crippen molar-refractivity contribution in [3.05, 3.63) is 34.9 Å². The molecule has 0 aliphatic heterocycles. The van der Waals surface area contributed by atoms with Gasteiger partial charge in [0.1, 0.15) is 6.10 Å². The van der Waals surface area contributed by atoms with E-state index in [-0.39, 0.29) is 0 Å². The molecule has 0 spiro atoms. The topological polar surface area (TPSA) is 64.2 Å². The summed E-state index contributed by atoms with van der Waals surface area (Å²) in [7, 11) is 0. The first-order chi connectivity index (χ1) is 6.54. The Balaban J connectivity index is 3.02. The van der Waals surface area contributed by atoms with Crippen LogP contribution in [-0.4, -0.2) is 16.3 Å². The van der Waals surface area contributed by atoms with Crippen molar-refractivity contribution in [1.29, 1.82) is 5.26 Å². The molecular weight excluding hydrogens is 178 g/mol. The Hall–Kier alpha value is -1.37. The average molecular weight is 191 g/mol. The summed E-state index contributed by atoms with van der Waals surface area (Å²) in [4.78, 5) is 0. The van der Waals surface area contributed by atoms with E-state index in [1.54, 1.807) is 18.2 Å². The standard InChI is InChI=1S/C11H13NO2/c1-7-3-8(2)5-9(4-7)11(14)10(13)6-12/h3-5,10-11,13-14H,1-2H3. The van der Waals surface area contributed by atoms with Crippen molar-refractivity contribution in [3.63, 3.8) is 0 Å². The van der Waals surface area contributed by atoms with Crippen LogP contribution in [0.1, 0.15) is 22.8 Å². The van der Waals surface area contributed by atoms with E-state index in [9.17, 15) is 5.11 Å². The quantitative estimate of drug-likeness (QED) is 0.691. The van der Waals surface area contributed by atoms with Crippen molar-refractivity contribution in [1.82, 2.24) is 0 Å². The van der Waals surface area contributed by atoms with E-state index in [4.69, 9.17) is 10.4 Å². The number of aryl methyl sites for hydroxylation is 2. The summed E-state index contributed by atoms with van der Waals surface area (Å²) < 4.78 is 0. The van der Waals surface area contributed by atoms with Crippen LogP contribution in [-0.2, 0) is 0 Å². The molecule has 74 valence electrons. The minimum Gasteiger partial charge on any atom is -0.385 e. The Morgan fingerprint density at radius 3 is 2.07 bits per heavy atom. The molecule has 2 unspecified atom stereocenters. The first-order valence-corrected chi connectivity index (χ1v) is 4.38. The fraction of sp³-hybridized carbons (Fsp3) is 0.364. The van der Waals surface area contributed by atoms with Crippen molar-refractivity contribution in [2.75, 3.05) is 0 Å². The predicted molar refractivity (Wildman–Crippen MR) is 52.5 cm³/mol. The number of hydrogen-bond donors (Lipinski definition) is 2. The van der Waals surface area contributed by atoms with Crippen LogP contribution in [0.3, 0.4) is 0 Å². The van der Waals surface area contributed by atoms with E-state index in [1.165, 1.54) is 0 Å². The molecule has 0 heterocycles. The molecule has 0 saturated heterocycles. The molecule has 2 atom stereocenters. The Labute approximate surface area is 83.2 Å². The lowest BCUT2D eigenvalue weighted by Gasteiger charge is -2.13. The predicted octanol–water partition coefficient (Wildman–Crippen LogP) is 1.22. The van der Waals surface area contributed by atoms with Gasteiger partial charge in [-0.1, -0.05) is 29.3 Å². The van der Waals surface area contributed by atoms with Gasteiger partial charge in [-0.15, -0.1) is 0 Å². The molecular formula is C11H13NO2. The third-order valence-electron chi connectivity index (χ3n) is 2.02. The van der Waals surface area contributed by atoms with E-state index in [0.717, 1.165) is 11.1 Å². The normalized spacial score (nSPS) is 14.5. The van der Waals surface area contributed by atoms with E-state index < -0.39 is 12.2 Å². The van der Waals surface area contributed by atoms with Gasteiger partial charge in [0.25, 0.3) is 0 Å². The Morgan fingerprint density at radius 2 is 1.64 bits per heavy atom. The number of benzene rings is 1. The molecule has 14 heavy (non-hydrogen) atoms. The molecule has 1 aromatic rings. The summed E-state index contributed by atoms with van der Waals surface area (Å²) in [5.41, 5.74) is 2.59. The smallest absolute Gasteiger partial charge is 0.170 e. The molecule has 0 amide bonds. The molecule has 3 heteroatoms. The monoisotopic (exact) mass is 191 g/mol. The van der Waals surface area contributed by atoms with Crippen LogP contribution in [0.2, 0.25) is 0 Å². The number of nitriles is 1. The molecule has 0 aliphatic carbocycles. The third kappa shape index (κ3) is 2.32. The molecule has 1 rings (SSSR count). The first kappa shape index (κ1) is 10.7. The molecule has 1 aromatic carbocycles. The van der Waals surface area contributed by atoms with Crippen molar-refractivity contribution in [2.45, 2.75) is 26.1 Å².